The minimum absolute atomic E-state index is 0.151. The van der Waals surface area contributed by atoms with Gasteiger partial charge in [-0.05, 0) is 25.1 Å². The maximum Gasteiger partial charge on any atom is 0.416 e. The van der Waals surface area contributed by atoms with Gasteiger partial charge in [0.2, 0.25) is 5.78 Å². The van der Waals surface area contributed by atoms with Crippen LogP contribution in [0.1, 0.15) is 28.4 Å². The van der Waals surface area contributed by atoms with Gasteiger partial charge in [0.15, 0.2) is 9.84 Å². The number of sulfone groups is 1. The van der Waals surface area contributed by atoms with Gasteiger partial charge in [-0.1, -0.05) is 0 Å². The molecule has 1 fully saturated rings. The summed E-state index contributed by atoms with van der Waals surface area (Å²) in [6.45, 7) is 1.01. The number of hydrogen-bond acceptors (Lipinski definition) is 5. The van der Waals surface area contributed by atoms with Crippen molar-refractivity contribution in [3.63, 3.8) is 0 Å². The summed E-state index contributed by atoms with van der Waals surface area (Å²) in [6.07, 6.45) is -10.3. The van der Waals surface area contributed by atoms with Crippen LogP contribution in [0.25, 0.3) is 0 Å². The van der Waals surface area contributed by atoms with Crippen LogP contribution in [0.4, 0.5) is 26.3 Å². The van der Waals surface area contributed by atoms with Crippen LogP contribution in [0.3, 0.4) is 0 Å². The fourth-order valence-corrected chi connectivity index (χ4v) is 3.88. The summed E-state index contributed by atoms with van der Waals surface area (Å²) in [4.78, 5) is 12.5. The van der Waals surface area contributed by atoms with Gasteiger partial charge in [0.25, 0.3) is 0 Å². The standard InChI is InChI=1S/C16H12F6N2O3S/c1-8-13(24-2-3-28(8,26)27)12(7-23)14(25)9-4-10(15(17,18)19)6-11(5-9)16(20,21)22/h4-6,8,24H,2-3H2,1H3/b13-12-. The maximum atomic E-state index is 13.0. The van der Waals surface area contributed by atoms with Crippen molar-refractivity contribution in [3.8, 4) is 6.07 Å². The Morgan fingerprint density at radius 2 is 1.61 bits per heavy atom. The highest BCUT2D eigenvalue weighted by atomic mass is 32.2. The van der Waals surface area contributed by atoms with Crippen molar-refractivity contribution in [2.75, 3.05) is 12.3 Å². The number of rotatable bonds is 2. The highest BCUT2D eigenvalue weighted by Crippen LogP contribution is 2.37. The number of carbonyl (C=O) groups is 1. The second-order valence-electron chi connectivity index (χ2n) is 5.96. The first-order valence-electron chi connectivity index (χ1n) is 7.62. The third kappa shape index (κ3) is 4.30. The Kier molecular flexibility index (Phi) is 5.53. The van der Waals surface area contributed by atoms with Crippen LogP contribution in [0.5, 0.6) is 0 Å². The molecule has 5 nitrogen and oxygen atoms in total. The minimum atomic E-state index is -5.17. The summed E-state index contributed by atoms with van der Waals surface area (Å²) in [6, 6.07) is 1.63. The quantitative estimate of drug-likeness (QED) is 0.340. The molecule has 1 N–H and O–H groups in total. The van der Waals surface area contributed by atoms with Crippen molar-refractivity contribution in [2.24, 2.45) is 0 Å². The third-order valence-corrected chi connectivity index (χ3v) is 6.19. The van der Waals surface area contributed by atoms with Crippen molar-refractivity contribution in [1.82, 2.24) is 5.32 Å². The topological polar surface area (TPSA) is 87.0 Å². The number of nitrogens with zero attached hydrogens (tertiary/aromatic N) is 1. The zero-order chi connectivity index (χ0) is 21.5. The van der Waals surface area contributed by atoms with Crippen LogP contribution in [0.15, 0.2) is 29.5 Å². The molecule has 1 unspecified atom stereocenters. The molecule has 0 spiro atoms. The minimum Gasteiger partial charge on any atom is -0.385 e. The second kappa shape index (κ2) is 7.12. The summed E-state index contributed by atoms with van der Waals surface area (Å²) in [5, 5.41) is 10.4. The van der Waals surface area contributed by atoms with E-state index < -0.39 is 55.5 Å². The molecule has 1 aliphatic heterocycles. The first kappa shape index (κ1) is 21.7. The Morgan fingerprint density at radius 1 is 1.11 bits per heavy atom. The Labute approximate surface area is 155 Å². The fraction of sp³-hybridized carbons (Fsp3) is 0.375. The monoisotopic (exact) mass is 426 g/mol. The van der Waals surface area contributed by atoms with Crippen LogP contribution in [0.2, 0.25) is 0 Å². The molecule has 1 saturated heterocycles. The molecule has 0 saturated carbocycles. The fourth-order valence-electron chi connectivity index (χ4n) is 2.58. The van der Waals surface area contributed by atoms with E-state index in [4.69, 9.17) is 0 Å². The van der Waals surface area contributed by atoms with Crippen molar-refractivity contribution < 1.29 is 39.6 Å². The van der Waals surface area contributed by atoms with E-state index >= 15 is 0 Å². The van der Waals surface area contributed by atoms with E-state index in [-0.39, 0.29) is 36.2 Å². The molecule has 1 atom stereocenters. The molecule has 1 aromatic carbocycles. The second-order valence-corrected chi connectivity index (χ2v) is 8.40. The lowest BCUT2D eigenvalue weighted by atomic mass is 9.96. The Hall–Kier alpha value is -2.55. The largest absolute Gasteiger partial charge is 0.416 e. The van der Waals surface area contributed by atoms with Crippen molar-refractivity contribution in [3.05, 3.63) is 46.2 Å². The summed E-state index contributed by atoms with van der Waals surface area (Å²) < 4.78 is 102. The molecular weight excluding hydrogens is 414 g/mol. The van der Waals surface area contributed by atoms with Gasteiger partial charge in [-0.3, -0.25) is 4.79 Å². The van der Waals surface area contributed by atoms with Gasteiger partial charge in [0.1, 0.15) is 11.6 Å². The SMILES string of the molecule is CC1/C(=C(\C#N)C(=O)c2cc(C(F)(F)F)cc(C(F)(F)F)c2)NCCS1(=O)=O. The van der Waals surface area contributed by atoms with Crippen LogP contribution >= 0.6 is 0 Å². The number of alkyl halides is 6. The molecule has 1 heterocycles. The number of Topliss-reactive ketones (excluding diaryl/α,β-unsaturated/α-hetero) is 1. The molecule has 0 radical (unpaired) electrons. The average molecular weight is 426 g/mol. The molecule has 152 valence electrons. The van der Waals surface area contributed by atoms with E-state index in [9.17, 15) is 44.8 Å². The lowest BCUT2D eigenvalue weighted by molar-refractivity contribution is -0.143. The molecule has 0 aromatic heterocycles. The first-order valence-corrected chi connectivity index (χ1v) is 9.34. The Bertz CT molecular complexity index is 955. The molecule has 0 amide bonds. The maximum absolute atomic E-state index is 13.0. The molecule has 0 aliphatic carbocycles. The normalized spacial score (nSPS) is 21.4. The summed E-state index contributed by atoms with van der Waals surface area (Å²) in [5.74, 6) is -1.74. The van der Waals surface area contributed by atoms with E-state index in [1.165, 1.54) is 6.07 Å². The third-order valence-electron chi connectivity index (χ3n) is 4.11. The lowest BCUT2D eigenvalue weighted by Gasteiger charge is -2.25. The highest BCUT2D eigenvalue weighted by molar-refractivity contribution is 7.92. The molecule has 12 heteroatoms. The van der Waals surface area contributed by atoms with Crippen molar-refractivity contribution in [1.29, 1.82) is 5.26 Å². The van der Waals surface area contributed by atoms with Gasteiger partial charge in [0.05, 0.1) is 27.8 Å². The molecule has 1 aromatic rings. The molecular formula is C16H12F6N2O3S. The predicted molar refractivity (Wildman–Crippen MR) is 84.7 cm³/mol. The zero-order valence-corrected chi connectivity index (χ0v) is 14.9. The number of ketones is 1. The Balaban J connectivity index is 2.68. The number of carbonyl (C=O) groups excluding carboxylic acids is 1. The summed E-state index contributed by atoms with van der Waals surface area (Å²) in [5.41, 5.74) is -5.67. The smallest absolute Gasteiger partial charge is 0.385 e. The number of halogens is 6. The van der Waals surface area contributed by atoms with Gasteiger partial charge in [0, 0.05) is 12.1 Å². The van der Waals surface area contributed by atoms with Crippen LogP contribution in [-0.2, 0) is 22.2 Å². The zero-order valence-electron chi connectivity index (χ0n) is 14.1. The Morgan fingerprint density at radius 3 is 2.04 bits per heavy atom. The van der Waals surface area contributed by atoms with Gasteiger partial charge in [-0.2, -0.15) is 31.6 Å². The summed E-state index contributed by atoms with van der Waals surface area (Å²) in [7, 11) is -3.73. The van der Waals surface area contributed by atoms with Gasteiger partial charge >= 0.3 is 12.4 Å². The van der Waals surface area contributed by atoms with Gasteiger partial charge < -0.3 is 5.32 Å². The number of nitriles is 1. The molecule has 2 rings (SSSR count). The predicted octanol–water partition coefficient (Wildman–Crippen LogP) is 3.09. The summed E-state index contributed by atoms with van der Waals surface area (Å²) >= 11 is 0. The number of allylic oxidation sites excluding steroid dienone is 1. The molecule has 1 aliphatic rings. The molecule has 0 bridgehead atoms. The number of nitrogens with one attached hydrogen (secondary N) is 1. The first-order chi connectivity index (χ1) is 12.7. The van der Waals surface area contributed by atoms with Crippen molar-refractivity contribution >= 4 is 15.6 Å². The number of hydrogen-bond donors (Lipinski definition) is 1. The lowest BCUT2D eigenvalue weighted by Crippen LogP contribution is -2.41. The number of benzene rings is 1. The van der Waals surface area contributed by atoms with E-state index in [1.54, 1.807) is 0 Å². The average Bonchev–Trinajstić information content (AvgIpc) is 2.57. The van der Waals surface area contributed by atoms with E-state index in [0.717, 1.165) is 6.92 Å². The van der Waals surface area contributed by atoms with Crippen LogP contribution in [-0.4, -0.2) is 31.7 Å². The van der Waals surface area contributed by atoms with E-state index in [2.05, 4.69) is 5.32 Å². The van der Waals surface area contributed by atoms with Crippen LogP contribution < -0.4 is 5.32 Å². The van der Waals surface area contributed by atoms with E-state index in [0.29, 0.717) is 0 Å². The van der Waals surface area contributed by atoms with E-state index in [1.807, 2.05) is 0 Å². The highest BCUT2D eigenvalue weighted by Gasteiger charge is 2.39. The van der Waals surface area contributed by atoms with Crippen molar-refractivity contribution in [2.45, 2.75) is 24.5 Å². The molecule has 28 heavy (non-hydrogen) atoms. The van der Waals surface area contributed by atoms with Crippen LogP contribution in [0, 0.1) is 11.3 Å². The van der Waals surface area contributed by atoms with Gasteiger partial charge in [-0.25, -0.2) is 8.42 Å². The van der Waals surface area contributed by atoms with Gasteiger partial charge in [-0.15, -0.1) is 0 Å².